The molecular formula is C21H25N5OS. The van der Waals surface area contributed by atoms with Crippen LogP contribution in [0.15, 0.2) is 53.6 Å². The van der Waals surface area contributed by atoms with Crippen LogP contribution in [0.3, 0.4) is 0 Å². The standard InChI is InChI=1S/C21H25N5OS/c1-28-18-7-3-2-6-17(18)22-20(27)11-15-25-13-9-16(10-14-25)21-24-23-19-8-4-5-12-26(19)21/h2-8,12,16H,9-11,13-15H2,1H3,(H,22,27). The molecule has 3 heterocycles. The van der Waals surface area contributed by atoms with Gasteiger partial charge in [0.15, 0.2) is 5.65 Å². The molecule has 0 bridgehead atoms. The van der Waals surface area contributed by atoms with E-state index >= 15 is 0 Å². The molecule has 1 amide bonds. The fourth-order valence-electron chi connectivity index (χ4n) is 3.77. The highest BCUT2D eigenvalue weighted by Gasteiger charge is 2.24. The second-order valence-corrected chi connectivity index (χ2v) is 7.95. The fourth-order valence-corrected chi connectivity index (χ4v) is 4.33. The minimum Gasteiger partial charge on any atom is -0.325 e. The summed E-state index contributed by atoms with van der Waals surface area (Å²) < 4.78 is 2.09. The number of carbonyl (C=O) groups excluding carboxylic acids is 1. The van der Waals surface area contributed by atoms with Crippen molar-refractivity contribution in [2.24, 2.45) is 0 Å². The summed E-state index contributed by atoms with van der Waals surface area (Å²) in [5, 5.41) is 11.7. The van der Waals surface area contributed by atoms with Crippen molar-refractivity contribution in [2.45, 2.75) is 30.1 Å². The second-order valence-electron chi connectivity index (χ2n) is 7.10. The van der Waals surface area contributed by atoms with Gasteiger partial charge < -0.3 is 10.2 Å². The molecule has 0 unspecified atom stereocenters. The number of amides is 1. The third-order valence-corrected chi connectivity index (χ3v) is 6.12. The lowest BCUT2D eigenvalue weighted by Gasteiger charge is -2.31. The molecule has 3 aromatic rings. The third-order valence-electron chi connectivity index (χ3n) is 5.33. The summed E-state index contributed by atoms with van der Waals surface area (Å²) in [5.41, 5.74) is 1.81. The van der Waals surface area contributed by atoms with Crippen LogP contribution in [0.25, 0.3) is 5.65 Å². The Kier molecular flexibility index (Phi) is 5.92. The summed E-state index contributed by atoms with van der Waals surface area (Å²) in [5.74, 6) is 1.56. The smallest absolute Gasteiger partial charge is 0.225 e. The molecule has 0 atom stereocenters. The lowest BCUT2D eigenvalue weighted by Crippen LogP contribution is -2.35. The molecule has 1 aromatic carbocycles. The SMILES string of the molecule is CSc1ccccc1NC(=O)CCN1CCC(c2nnc3ccccn23)CC1. The Labute approximate surface area is 169 Å². The number of para-hydroxylation sites is 1. The van der Waals surface area contributed by atoms with E-state index in [2.05, 4.69) is 24.8 Å². The highest BCUT2D eigenvalue weighted by molar-refractivity contribution is 7.98. The molecule has 0 spiro atoms. The molecule has 4 rings (SSSR count). The number of aromatic nitrogens is 3. The van der Waals surface area contributed by atoms with Gasteiger partial charge in [0.05, 0.1) is 5.69 Å². The molecule has 1 fully saturated rings. The predicted octanol–water partition coefficient (Wildman–Crippen LogP) is 3.66. The number of carbonyl (C=O) groups is 1. The molecule has 1 N–H and O–H groups in total. The van der Waals surface area contributed by atoms with Gasteiger partial charge in [-0.1, -0.05) is 18.2 Å². The minimum absolute atomic E-state index is 0.0760. The van der Waals surface area contributed by atoms with Gasteiger partial charge in [-0.15, -0.1) is 22.0 Å². The Morgan fingerprint density at radius 2 is 1.93 bits per heavy atom. The zero-order valence-corrected chi connectivity index (χ0v) is 16.9. The number of nitrogens with one attached hydrogen (secondary N) is 1. The Hall–Kier alpha value is -2.38. The topological polar surface area (TPSA) is 62.5 Å². The summed E-state index contributed by atoms with van der Waals surface area (Å²) in [6, 6.07) is 13.9. The van der Waals surface area contributed by atoms with E-state index < -0.39 is 0 Å². The molecule has 0 saturated carbocycles. The van der Waals surface area contributed by atoms with E-state index in [1.165, 1.54) is 0 Å². The van der Waals surface area contributed by atoms with Crippen LogP contribution >= 0.6 is 11.8 Å². The van der Waals surface area contributed by atoms with Gasteiger partial charge in [0.1, 0.15) is 5.82 Å². The van der Waals surface area contributed by atoms with Gasteiger partial charge in [-0.2, -0.15) is 0 Å². The number of benzene rings is 1. The summed E-state index contributed by atoms with van der Waals surface area (Å²) in [6.07, 6.45) is 6.67. The summed E-state index contributed by atoms with van der Waals surface area (Å²) >= 11 is 1.64. The molecule has 1 aliphatic rings. The molecule has 0 aliphatic carbocycles. The molecule has 6 nitrogen and oxygen atoms in total. The second kappa shape index (κ2) is 8.75. The van der Waals surface area contributed by atoms with Crippen molar-refractivity contribution in [3.63, 3.8) is 0 Å². The van der Waals surface area contributed by atoms with Crippen molar-refractivity contribution >= 4 is 29.0 Å². The molecule has 0 radical (unpaired) electrons. The Morgan fingerprint density at radius 3 is 2.75 bits per heavy atom. The Bertz CT molecular complexity index is 949. The molecular weight excluding hydrogens is 370 g/mol. The molecule has 7 heteroatoms. The van der Waals surface area contributed by atoms with Gasteiger partial charge in [0.2, 0.25) is 5.91 Å². The van der Waals surface area contributed by atoms with E-state index in [0.717, 1.165) is 54.5 Å². The first kappa shape index (κ1) is 19.0. The van der Waals surface area contributed by atoms with Crippen LogP contribution in [-0.2, 0) is 4.79 Å². The summed E-state index contributed by atoms with van der Waals surface area (Å²) in [7, 11) is 0. The number of piperidine rings is 1. The molecule has 2 aromatic heterocycles. The molecule has 28 heavy (non-hydrogen) atoms. The van der Waals surface area contributed by atoms with E-state index in [1.54, 1.807) is 11.8 Å². The molecule has 146 valence electrons. The first-order valence-electron chi connectivity index (χ1n) is 9.69. The quantitative estimate of drug-likeness (QED) is 0.646. The van der Waals surface area contributed by atoms with E-state index in [9.17, 15) is 4.79 Å². The van der Waals surface area contributed by atoms with Gasteiger partial charge in [0.25, 0.3) is 0 Å². The highest BCUT2D eigenvalue weighted by Crippen LogP contribution is 2.27. The largest absolute Gasteiger partial charge is 0.325 e. The van der Waals surface area contributed by atoms with Crippen LogP contribution in [0.5, 0.6) is 0 Å². The number of fused-ring (bicyclic) bond motifs is 1. The number of likely N-dealkylation sites (tertiary alicyclic amines) is 1. The van der Waals surface area contributed by atoms with Crippen LogP contribution in [0.1, 0.15) is 31.0 Å². The van der Waals surface area contributed by atoms with Crippen molar-refractivity contribution < 1.29 is 4.79 Å². The van der Waals surface area contributed by atoms with Gasteiger partial charge in [-0.3, -0.25) is 9.20 Å². The minimum atomic E-state index is 0.0760. The van der Waals surface area contributed by atoms with Crippen LogP contribution in [0.2, 0.25) is 0 Å². The monoisotopic (exact) mass is 395 g/mol. The summed E-state index contributed by atoms with van der Waals surface area (Å²) in [6.45, 7) is 2.77. The van der Waals surface area contributed by atoms with Crippen molar-refractivity contribution in [1.29, 1.82) is 0 Å². The maximum absolute atomic E-state index is 12.4. The Morgan fingerprint density at radius 1 is 1.14 bits per heavy atom. The molecule has 1 aliphatic heterocycles. The van der Waals surface area contributed by atoms with Gasteiger partial charge >= 0.3 is 0 Å². The zero-order chi connectivity index (χ0) is 19.3. The van der Waals surface area contributed by atoms with Crippen LogP contribution < -0.4 is 5.32 Å². The summed E-state index contributed by atoms with van der Waals surface area (Å²) in [4.78, 5) is 15.8. The van der Waals surface area contributed by atoms with Crippen LogP contribution in [0, 0.1) is 0 Å². The predicted molar refractivity (Wildman–Crippen MR) is 113 cm³/mol. The highest BCUT2D eigenvalue weighted by atomic mass is 32.2. The van der Waals surface area contributed by atoms with Crippen molar-refractivity contribution in [2.75, 3.05) is 31.2 Å². The maximum atomic E-state index is 12.4. The zero-order valence-electron chi connectivity index (χ0n) is 16.0. The van der Waals surface area contributed by atoms with Crippen molar-refractivity contribution in [3.8, 4) is 0 Å². The van der Waals surface area contributed by atoms with Crippen LogP contribution in [-0.4, -0.2) is 51.3 Å². The first-order chi connectivity index (χ1) is 13.7. The number of hydrogen-bond acceptors (Lipinski definition) is 5. The van der Waals surface area contributed by atoms with E-state index in [1.807, 2.05) is 54.9 Å². The number of rotatable bonds is 6. The average molecular weight is 396 g/mol. The number of pyridine rings is 1. The number of anilines is 1. The lowest BCUT2D eigenvalue weighted by atomic mass is 9.96. The Balaban J connectivity index is 1.27. The van der Waals surface area contributed by atoms with E-state index in [4.69, 9.17) is 0 Å². The number of thioether (sulfide) groups is 1. The first-order valence-corrected chi connectivity index (χ1v) is 10.9. The average Bonchev–Trinajstić information content (AvgIpc) is 3.17. The van der Waals surface area contributed by atoms with Crippen molar-refractivity contribution in [3.05, 3.63) is 54.5 Å². The van der Waals surface area contributed by atoms with Gasteiger partial charge in [0, 0.05) is 30.0 Å². The van der Waals surface area contributed by atoms with E-state index in [0.29, 0.717) is 12.3 Å². The van der Waals surface area contributed by atoms with Gasteiger partial charge in [-0.25, -0.2) is 0 Å². The van der Waals surface area contributed by atoms with Crippen molar-refractivity contribution in [1.82, 2.24) is 19.5 Å². The lowest BCUT2D eigenvalue weighted by molar-refractivity contribution is -0.116. The third kappa shape index (κ3) is 4.20. The fraction of sp³-hybridized carbons (Fsp3) is 0.381. The number of nitrogens with zero attached hydrogens (tertiary/aromatic N) is 4. The van der Waals surface area contributed by atoms with Gasteiger partial charge in [-0.05, 0) is 56.5 Å². The molecule has 1 saturated heterocycles. The van der Waals surface area contributed by atoms with E-state index in [-0.39, 0.29) is 5.91 Å². The number of hydrogen-bond donors (Lipinski definition) is 1. The van der Waals surface area contributed by atoms with Crippen LogP contribution in [0.4, 0.5) is 5.69 Å². The maximum Gasteiger partial charge on any atom is 0.225 e. The normalized spacial score (nSPS) is 15.8.